The minimum atomic E-state index is 0.464. The van der Waals surface area contributed by atoms with E-state index in [4.69, 9.17) is 16.3 Å². The van der Waals surface area contributed by atoms with Crippen molar-refractivity contribution in [2.24, 2.45) is 0 Å². The standard InChI is InChI=1S/C16H17ClO/c1-12(2)15-5-3-4-6-16(15)18-11-13-7-9-14(17)10-8-13/h3-10,12H,11H2,1-2H3. The normalized spacial score (nSPS) is 10.7. The number of hydrogen-bond acceptors (Lipinski definition) is 1. The molecule has 1 nitrogen and oxygen atoms in total. The summed E-state index contributed by atoms with van der Waals surface area (Å²) in [5, 5.41) is 0.751. The second-order valence-electron chi connectivity index (χ2n) is 4.61. The SMILES string of the molecule is CC(C)c1ccccc1OCc1ccc(Cl)cc1. The van der Waals surface area contributed by atoms with Gasteiger partial charge in [-0.2, -0.15) is 0 Å². The summed E-state index contributed by atoms with van der Waals surface area (Å²) >= 11 is 5.85. The molecule has 0 spiro atoms. The van der Waals surface area contributed by atoms with Gasteiger partial charge in [0.05, 0.1) is 0 Å². The van der Waals surface area contributed by atoms with Crippen molar-refractivity contribution in [3.8, 4) is 5.75 Å². The van der Waals surface area contributed by atoms with Crippen molar-refractivity contribution in [2.75, 3.05) is 0 Å². The molecule has 0 N–H and O–H groups in total. The smallest absolute Gasteiger partial charge is 0.123 e. The van der Waals surface area contributed by atoms with Crippen molar-refractivity contribution >= 4 is 11.6 Å². The summed E-state index contributed by atoms with van der Waals surface area (Å²) in [6, 6.07) is 15.9. The fraction of sp³-hybridized carbons (Fsp3) is 0.250. The Morgan fingerprint density at radius 2 is 1.67 bits per heavy atom. The third-order valence-corrected chi connectivity index (χ3v) is 3.10. The number of halogens is 1. The van der Waals surface area contributed by atoms with Crippen LogP contribution in [0.15, 0.2) is 48.5 Å². The maximum atomic E-state index is 5.88. The van der Waals surface area contributed by atoms with Gasteiger partial charge in [0.15, 0.2) is 0 Å². The van der Waals surface area contributed by atoms with Gasteiger partial charge >= 0.3 is 0 Å². The van der Waals surface area contributed by atoms with Gasteiger partial charge in [-0.3, -0.25) is 0 Å². The molecule has 0 unspecified atom stereocenters. The van der Waals surface area contributed by atoms with E-state index in [2.05, 4.69) is 19.9 Å². The zero-order valence-corrected chi connectivity index (χ0v) is 11.4. The van der Waals surface area contributed by atoms with Gasteiger partial charge < -0.3 is 4.74 Å². The van der Waals surface area contributed by atoms with Gasteiger partial charge in [0.2, 0.25) is 0 Å². The molecule has 0 radical (unpaired) electrons. The quantitative estimate of drug-likeness (QED) is 0.748. The molecule has 0 bridgehead atoms. The average Bonchev–Trinajstić information content (AvgIpc) is 2.38. The molecule has 2 aromatic carbocycles. The molecule has 0 amide bonds. The molecule has 2 rings (SSSR count). The van der Waals surface area contributed by atoms with E-state index in [-0.39, 0.29) is 0 Å². The minimum Gasteiger partial charge on any atom is -0.489 e. The van der Waals surface area contributed by atoms with Crippen LogP contribution in [-0.2, 0) is 6.61 Å². The number of ether oxygens (including phenoxy) is 1. The Kier molecular flexibility index (Phi) is 4.27. The largest absolute Gasteiger partial charge is 0.489 e. The van der Waals surface area contributed by atoms with Crippen LogP contribution in [0.25, 0.3) is 0 Å². The second kappa shape index (κ2) is 5.92. The van der Waals surface area contributed by atoms with Crippen LogP contribution in [0, 0.1) is 0 Å². The molecule has 0 saturated heterocycles. The van der Waals surface area contributed by atoms with Gasteiger partial charge in [-0.1, -0.05) is 55.8 Å². The topological polar surface area (TPSA) is 9.23 Å². The maximum absolute atomic E-state index is 5.88. The van der Waals surface area contributed by atoms with Crippen LogP contribution in [0.4, 0.5) is 0 Å². The molecular formula is C16H17ClO. The molecule has 18 heavy (non-hydrogen) atoms. The maximum Gasteiger partial charge on any atom is 0.123 e. The Morgan fingerprint density at radius 1 is 1.00 bits per heavy atom. The number of benzene rings is 2. The first-order valence-corrected chi connectivity index (χ1v) is 6.51. The highest BCUT2D eigenvalue weighted by Crippen LogP contribution is 2.26. The summed E-state index contributed by atoms with van der Waals surface area (Å²) in [7, 11) is 0. The van der Waals surface area contributed by atoms with Crippen molar-refractivity contribution in [1.82, 2.24) is 0 Å². The molecule has 94 valence electrons. The summed E-state index contributed by atoms with van der Waals surface area (Å²) in [5.41, 5.74) is 2.37. The van der Waals surface area contributed by atoms with Gasteiger partial charge in [-0.05, 0) is 35.2 Å². The first-order valence-electron chi connectivity index (χ1n) is 6.13. The Balaban J connectivity index is 2.08. The summed E-state index contributed by atoms with van der Waals surface area (Å²) in [4.78, 5) is 0. The van der Waals surface area contributed by atoms with Gasteiger partial charge in [0.1, 0.15) is 12.4 Å². The Bertz CT molecular complexity index is 503. The van der Waals surface area contributed by atoms with Gasteiger partial charge in [0.25, 0.3) is 0 Å². The van der Waals surface area contributed by atoms with Crippen LogP contribution in [0.3, 0.4) is 0 Å². The van der Waals surface area contributed by atoms with Crippen molar-refractivity contribution in [3.05, 3.63) is 64.7 Å². The van der Waals surface area contributed by atoms with Crippen LogP contribution in [0.2, 0.25) is 5.02 Å². The minimum absolute atomic E-state index is 0.464. The number of hydrogen-bond donors (Lipinski definition) is 0. The van der Waals surface area contributed by atoms with Crippen LogP contribution in [0.1, 0.15) is 30.9 Å². The zero-order valence-electron chi connectivity index (χ0n) is 10.7. The molecule has 0 aliphatic heterocycles. The highest BCUT2D eigenvalue weighted by Gasteiger charge is 2.06. The molecule has 2 aromatic rings. The summed E-state index contributed by atoms with van der Waals surface area (Å²) in [6.07, 6.45) is 0. The molecule has 0 atom stereocenters. The lowest BCUT2D eigenvalue weighted by molar-refractivity contribution is 0.302. The fourth-order valence-corrected chi connectivity index (χ4v) is 1.96. The lowest BCUT2D eigenvalue weighted by Gasteiger charge is -2.13. The van der Waals surface area contributed by atoms with E-state index >= 15 is 0 Å². The highest BCUT2D eigenvalue weighted by molar-refractivity contribution is 6.30. The Morgan fingerprint density at radius 3 is 2.33 bits per heavy atom. The third-order valence-electron chi connectivity index (χ3n) is 2.85. The van der Waals surface area contributed by atoms with Crippen LogP contribution < -0.4 is 4.74 Å². The summed E-state index contributed by atoms with van der Waals surface area (Å²) in [6.45, 7) is 4.91. The van der Waals surface area contributed by atoms with E-state index in [1.807, 2.05) is 42.5 Å². The van der Waals surface area contributed by atoms with E-state index < -0.39 is 0 Å². The Hall–Kier alpha value is -1.47. The van der Waals surface area contributed by atoms with Crippen LogP contribution >= 0.6 is 11.6 Å². The molecule has 0 heterocycles. The molecule has 0 aliphatic rings. The van der Waals surface area contributed by atoms with Crippen molar-refractivity contribution in [1.29, 1.82) is 0 Å². The van der Waals surface area contributed by atoms with Crippen molar-refractivity contribution in [3.63, 3.8) is 0 Å². The lowest BCUT2D eigenvalue weighted by atomic mass is 10.0. The van der Waals surface area contributed by atoms with Gasteiger partial charge in [0, 0.05) is 5.02 Å². The fourth-order valence-electron chi connectivity index (χ4n) is 1.83. The van der Waals surface area contributed by atoms with Gasteiger partial charge in [-0.25, -0.2) is 0 Å². The molecule has 0 aliphatic carbocycles. The van der Waals surface area contributed by atoms with Crippen LogP contribution in [0.5, 0.6) is 5.75 Å². The van der Waals surface area contributed by atoms with E-state index in [0.29, 0.717) is 12.5 Å². The van der Waals surface area contributed by atoms with Crippen LogP contribution in [-0.4, -0.2) is 0 Å². The number of para-hydroxylation sites is 1. The van der Waals surface area contributed by atoms with Crippen molar-refractivity contribution < 1.29 is 4.74 Å². The van der Waals surface area contributed by atoms with E-state index in [1.165, 1.54) is 5.56 Å². The van der Waals surface area contributed by atoms with E-state index in [9.17, 15) is 0 Å². The molecular weight excluding hydrogens is 244 g/mol. The van der Waals surface area contributed by atoms with E-state index in [1.54, 1.807) is 0 Å². The monoisotopic (exact) mass is 260 g/mol. The lowest BCUT2D eigenvalue weighted by Crippen LogP contribution is -1.99. The van der Waals surface area contributed by atoms with Gasteiger partial charge in [-0.15, -0.1) is 0 Å². The molecule has 0 fully saturated rings. The summed E-state index contributed by atoms with van der Waals surface area (Å²) in [5.74, 6) is 1.42. The van der Waals surface area contributed by atoms with E-state index in [0.717, 1.165) is 16.3 Å². The first kappa shape index (κ1) is 13.0. The Labute approximate surface area is 113 Å². The third kappa shape index (κ3) is 3.27. The predicted molar refractivity (Wildman–Crippen MR) is 76.3 cm³/mol. The molecule has 0 aromatic heterocycles. The predicted octanol–water partition coefficient (Wildman–Crippen LogP) is 5.04. The summed E-state index contributed by atoms with van der Waals surface area (Å²) < 4.78 is 5.88. The molecule has 2 heteroatoms. The average molecular weight is 261 g/mol. The number of rotatable bonds is 4. The first-order chi connectivity index (χ1) is 8.66. The highest BCUT2D eigenvalue weighted by atomic mass is 35.5. The second-order valence-corrected chi connectivity index (χ2v) is 5.04. The molecule has 0 saturated carbocycles. The zero-order chi connectivity index (χ0) is 13.0. The van der Waals surface area contributed by atoms with Crippen molar-refractivity contribution in [2.45, 2.75) is 26.4 Å².